The summed E-state index contributed by atoms with van der Waals surface area (Å²) in [5.41, 5.74) is -0.127. The maximum absolute atomic E-state index is 13.7. The summed E-state index contributed by atoms with van der Waals surface area (Å²) in [4.78, 5) is -0.756. The Balaban J connectivity index is 2.25. The number of sulfonamides is 1. The van der Waals surface area contributed by atoms with Crippen molar-refractivity contribution in [1.29, 1.82) is 0 Å². The van der Waals surface area contributed by atoms with Gasteiger partial charge < -0.3 is 5.11 Å². The number of halogens is 2. The number of aliphatic hydroxyl groups excluding tert-OH is 1. The Labute approximate surface area is 123 Å². The van der Waals surface area contributed by atoms with Crippen molar-refractivity contribution in [2.75, 3.05) is 6.54 Å². The molecule has 0 radical (unpaired) electrons. The van der Waals surface area contributed by atoms with Gasteiger partial charge >= 0.3 is 0 Å². The average molecular weight is 319 g/mol. The van der Waals surface area contributed by atoms with E-state index < -0.39 is 33.2 Å². The molecule has 1 aliphatic carbocycles. The molecule has 0 aliphatic heterocycles. The van der Waals surface area contributed by atoms with Crippen LogP contribution in [0.3, 0.4) is 0 Å². The van der Waals surface area contributed by atoms with Crippen molar-refractivity contribution in [2.45, 2.75) is 44.1 Å². The van der Waals surface area contributed by atoms with Crippen molar-refractivity contribution >= 4 is 10.0 Å². The Morgan fingerprint density at radius 3 is 2.48 bits per heavy atom. The predicted octanol–water partition coefficient (Wildman–Crippen LogP) is 2.32. The minimum atomic E-state index is -4.15. The molecule has 0 saturated heterocycles. The van der Waals surface area contributed by atoms with E-state index in [2.05, 4.69) is 4.72 Å². The lowest BCUT2D eigenvalue weighted by Gasteiger charge is -2.23. The predicted molar refractivity (Wildman–Crippen MR) is 74.0 cm³/mol. The summed E-state index contributed by atoms with van der Waals surface area (Å²) >= 11 is 0. The van der Waals surface area contributed by atoms with E-state index in [1.807, 2.05) is 6.92 Å². The molecule has 0 atom stereocenters. The SMILES string of the molecule is CC1(CNS(=O)(=O)c2cc(CO)cc(F)c2F)CCCC1. The van der Waals surface area contributed by atoms with Crippen molar-refractivity contribution < 1.29 is 22.3 Å². The van der Waals surface area contributed by atoms with Crippen LogP contribution < -0.4 is 4.72 Å². The molecule has 0 spiro atoms. The molecule has 2 N–H and O–H groups in total. The van der Waals surface area contributed by atoms with E-state index in [9.17, 15) is 17.2 Å². The zero-order valence-corrected chi connectivity index (χ0v) is 12.6. The van der Waals surface area contributed by atoms with Crippen LogP contribution in [0, 0.1) is 17.0 Å². The third-order valence-corrected chi connectivity index (χ3v) is 5.43. The fourth-order valence-electron chi connectivity index (χ4n) is 2.66. The van der Waals surface area contributed by atoms with E-state index in [1.165, 1.54) is 0 Å². The topological polar surface area (TPSA) is 66.4 Å². The van der Waals surface area contributed by atoms with Crippen LogP contribution in [0.25, 0.3) is 0 Å². The van der Waals surface area contributed by atoms with E-state index in [1.54, 1.807) is 0 Å². The van der Waals surface area contributed by atoms with Crippen LogP contribution in [0.2, 0.25) is 0 Å². The number of aliphatic hydroxyl groups is 1. The van der Waals surface area contributed by atoms with Gasteiger partial charge in [0, 0.05) is 6.54 Å². The minimum Gasteiger partial charge on any atom is -0.392 e. The second-order valence-corrected chi connectivity index (χ2v) is 7.63. The maximum Gasteiger partial charge on any atom is 0.243 e. The molecule has 0 heterocycles. The molecule has 1 aromatic rings. The molecule has 21 heavy (non-hydrogen) atoms. The quantitative estimate of drug-likeness (QED) is 0.875. The van der Waals surface area contributed by atoms with Crippen LogP contribution in [0.15, 0.2) is 17.0 Å². The van der Waals surface area contributed by atoms with Gasteiger partial charge in [0.05, 0.1) is 6.61 Å². The minimum absolute atomic E-state index is 0.0151. The zero-order valence-electron chi connectivity index (χ0n) is 11.8. The van der Waals surface area contributed by atoms with Crippen LogP contribution in [-0.2, 0) is 16.6 Å². The van der Waals surface area contributed by atoms with Crippen molar-refractivity contribution in [2.24, 2.45) is 5.41 Å². The summed E-state index contributed by atoms with van der Waals surface area (Å²) in [7, 11) is -4.15. The molecule has 2 rings (SSSR count). The molecule has 1 aliphatic rings. The molecule has 1 saturated carbocycles. The highest BCUT2D eigenvalue weighted by Gasteiger charge is 2.31. The van der Waals surface area contributed by atoms with Crippen molar-refractivity contribution in [3.63, 3.8) is 0 Å². The van der Waals surface area contributed by atoms with E-state index in [0.29, 0.717) is 0 Å². The van der Waals surface area contributed by atoms with Gasteiger partial charge in [-0.05, 0) is 36.0 Å². The van der Waals surface area contributed by atoms with Gasteiger partial charge in [-0.15, -0.1) is 0 Å². The molecular formula is C14H19F2NO3S. The third kappa shape index (κ3) is 3.59. The maximum atomic E-state index is 13.7. The number of benzene rings is 1. The Hall–Kier alpha value is -1.05. The van der Waals surface area contributed by atoms with E-state index >= 15 is 0 Å². The van der Waals surface area contributed by atoms with Crippen LogP contribution in [0.1, 0.15) is 38.2 Å². The van der Waals surface area contributed by atoms with Crippen molar-refractivity contribution in [3.8, 4) is 0 Å². The third-order valence-electron chi connectivity index (χ3n) is 4.03. The number of nitrogens with one attached hydrogen (secondary N) is 1. The van der Waals surface area contributed by atoms with E-state index in [0.717, 1.165) is 37.8 Å². The van der Waals surface area contributed by atoms with Gasteiger partial charge in [-0.2, -0.15) is 0 Å². The van der Waals surface area contributed by atoms with Crippen molar-refractivity contribution in [3.05, 3.63) is 29.3 Å². The van der Waals surface area contributed by atoms with Crippen LogP contribution in [0.5, 0.6) is 0 Å². The largest absolute Gasteiger partial charge is 0.392 e. The highest BCUT2D eigenvalue weighted by atomic mass is 32.2. The molecule has 0 unspecified atom stereocenters. The molecule has 0 amide bonds. The Morgan fingerprint density at radius 1 is 1.29 bits per heavy atom. The first-order valence-electron chi connectivity index (χ1n) is 6.86. The Morgan fingerprint density at radius 2 is 1.90 bits per heavy atom. The first-order chi connectivity index (χ1) is 9.77. The summed E-state index contributed by atoms with van der Waals surface area (Å²) in [5.74, 6) is -2.70. The molecule has 118 valence electrons. The lowest BCUT2D eigenvalue weighted by molar-refractivity contribution is 0.280. The highest BCUT2D eigenvalue weighted by molar-refractivity contribution is 7.89. The molecule has 1 fully saturated rings. The van der Waals surface area contributed by atoms with Gasteiger partial charge in [0.2, 0.25) is 10.0 Å². The smallest absolute Gasteiger partial charge is 0.243 e. The van der Waals surface area contributed by atoms with Crippen molar-refractivity contribution in [1.82, 2.24) is 4.72 Å². The summed E-state index contributed by atoms with van der Waals surface area (Å²) in [6.45, 7) is 1.61. The lowest BCUT2D eigenvalue weighted by atomic mass is 9.89. The summed E-state index contributed by atoms with van der Waals surface area (Å²) in [6, 6.07) is 1.74. The van der Waals surface area contributed by atoms with E-state index in [-0.39, 0.29) is 17.5 Å². The summed E-state index contributed by atoms with van der Waals surface area (Å²) < 4.78 is 53.8. The Bertz CT molecular complexity index is 625. The number of rotatable bonds is 5. The lowest BCUT2D eigenvalue weighted by Crippen LogP contribution is -2.34. The van der Waals surface area contributed by atoms with Gasteiger partial charge in [-0.25, -0.2) is 21.9 Å². The molecule has 4 nitrogen and oxygen atoms in total. The monoisotopic (exact) mass is 319 g/mol. The standard InChI is InChI=1S/C14H19F2NO3S/c1-14(4-2-3-5-14)9-17-21(19,20)12-7-10(8-18)6-11(15)13(12)16/h6-7,17-18H,2-5,8-9H2,1H3. The number of hydrogen-bond donors (Lipinski definition) is 2. The first-order valence-corrected chi connectivity index (χ1v) is 8.34. The highest BCUT2D eigenvalue weighted by Crippen LogP contribution is 2.37. The Kier molecular flexibility index (Phi) is 4.65. The molecule has 0 aromatic heterocycles. The molecule has 1 aromatic carbocycles. The second kappa shape index (κ2) is 5.98. The fourth-order valence-corrected chi connectivity index (χ4v) is 3.99. The summed E-state index contributed by atoms with van der Waals surface area (Å²) in [5, 5.41) is 8.98. The van der Waals surface area contributed by atoms with Crippen LogP contribution in [0.4, 0.5) is 8.78 Å². The normalized spacial score (nSPS) is 18.1. The summed E-state index contributed by atoms with van der Waals surface area (Å²) in [6.07, 6.45) is 3.90. The van der Waals surface area contributed by atoms with E-state index in [4.69, 9.17) is 5.11 Å². The van der Waals surface area contributed by atoms with Crippen LogP contribution in [-0.4, -0.2) is 20.1 Å². The van der Waals surface area contributed by atoms with Gasteiger partial charge in [-0.1, -0.05) is 19.8 Å². The second-order valence-electron chi connectivity index (χ2n) is 5.89. The molecular weight excluding hydrogens is 300 g/mol. The van der Waals surface area contributed by atoms with Gasteiger partial charge in [0.15, 0.2) is 11.6 Å². The molecule has 7 heteroatoms. The van der Waals surface area contributed by atoms with Crippen LogP contribution >= 0.6 is 0 Å². The number of hydrogen-bond acceptors (Lipinski definition) is 3. The molecule has 0 bridgehead atoms. The van der Waals surface area contributed by atoms with Gasteiger partial charge in [0.1, 0.15) is 4.90 Å². The van der Waals surface area contributed by atoms with Gasteiger partial charge in [0.25, 0.3) is 0 Å². The average Bonchev–Trinajstić information content (AvgIpc) is 2.87. The first kappa shape index (κ1) is 16.3. The van der Waals surface area contributed by atoms with Gasteiger partial charge in [-0.3, -0.25) is 0 Å². The fraction of sp³-hybridized carbons (Fsp3) is 0.571. The zero-order chi connectivity index (χ0) is 15.7.